The highest BCUT2D eigenvalue weighted by Gasteiger charge is 2.45. The van der Waals surface area contributed by atoms with Crippen LogP contribution in [0.25, 0.3) is 0 Å². The number of nitrogens with zero attached hydrogens (tertiary/aromatic N) is 3. The first-order valence-corrected chi connectivity index (χ1v) is 27.1. The molecule has 9 amide bonds. The monoisotopic (exact) mass is 1060 g/mol. The van der Waals surface area contributed by atoms with Crippen molar-refractivity contribution in [3.05, 3.63) is 75.0 Å². The minimum Gasteiger partial charge on any atom is -0.375 e. The average molecular weight is 1060 g/mol. The van der Waals surface area contributed by atoms with Crippen molar-refractivity contribution < 1.29 is 43.2 Å². The summed E-state index contributed by atoms with van der Waals surface area (Å²) in [6.07, 6.45) is 20.3. The number of H-pyrrole nitrogens is 1. The minimum atomic E-state index is -1.06. The maximum absolute atomic E-state index is 13.3. The van der Waals surface area contributed by atoms with Gasteiger partial charge in [-0.3, -0.25) is 58.5 Å². The highest BCUT2D eigenvalue weighted by atomic mass is 35.5. The van der Waals surface area contributed by atoms with Crippen LogP contribution in [0.5, 0.6) is 0 Å². The quantitative estimate of drug-likeness (QED) is 0.0255. The molecule has 0 radical (unpaired) electrons. The van der Waals surface area contributed by atoms with Gasteiger partial charge in [-0.1, -0.05) is 112 Å². The van der Waals surface area contributed by atoms with Gasteiger partial charge < -0.3 is 31.5 Å². The SMILES string of the molecule is O=C(CCCCCCCCCCNC(=O)CNc1cccc2c1C(=O)N(C1CCC(=O)NC1=O)C2=O)NCCCCCCCCCCC(=O)N1CCC(NC(=O)c2[nH]ncc2NC(=O)c2c(Cl)cccc2Cl)CC1. The van der Waals surface area contributed by atoms with Crippen LogP contribution in [0, 0.1) is 0 Å². The van der Waals surface area contributed by atoms with Crippen molar-refractivity contribution >= 4 is 87.7 Å². The van der Waals surface area contributed by atoms with Crippen LogP contribution in [0.4, 0.5) is 11.4 Å². The maximum Gasteiger partial charge on any atom is 0.271 e. The fourth-order valence-corrected chi connectivity index (χ4v) is 10.1. The van der Waals surface area contributed by atoms with Gasteiger partial charge in [0.2, 0.25) is 29.5 Å². The molecule has 7 N–H and O–H groups in total. The fourth-order valence-electron chi connectivity index (χ4n) is 9.52. The maximum atomic E-state index is 13.3. The van der Waals surface area contributed by atoms with Crippen molar-refractivity contribution in [3.63, 3.8) is 0 Å². The molecule has 2 saturated heterocycles. The van der Waals surface area contributed by atoms with E-state index in [1.165, 1.54) is 12.3 Å². The predicted molar refractivity (Wildman–Crippen MR) is 281 cm³/mol. The first-order valence-electron chi connectivity index (χ1n) is 26.3. The summed E-state index contributed by atoms with van der Waals surface area (Å²) < 4.78 is 0. The van der Waals surface area contributed by atoms with E-state index in [0.29, 0.717) is 57.5 Å². The number of carbonyl (C=O) groups is 9. The first-order chi connectivity index (χ1) is 35.8. The van der Waals surface area contributed by atoms with Crippen LogP contribution in [-0.2, 0) is 24.0 Å². The Labute approximate surface area is 442 Å². The summed E-state index contributed by atoms with van der Waals surface area (Å²) in [5.41, 5.74) is 1.01. The Bertz CT molecular complexity index is 2460. The summed E-state index contributed by atoms with van der Waals surface area (Å²) in [6, 6.07) is 8.29. The van der Waals surface area contributed by atoms with Crippen molar-refractivity contribution in [1.82, 2.24) is 41.3 Å². The van der Waals surface area contributed by atoms with Gasteiger partial charge in [0.15, 0.2) is 0 Å². The number of carbonyl (C=O) groups excluding carboxylic acids is 9. The van der Waals surface area contributed by atoms with Crippen LogP contribution in [0.3, 0.4) is 0 Å². The molecule has 3 aliphatic heterocycles. The molecule has 3 aromatic rings. The molecule has 4 heterocycles. The molecule has 19 nitrogen and oxygen atoms in total. The fraction of sp³-hybridized carbons (Fsp3) is 0.547. The van der Waals surface area contributed by atoms with Crippen molar-refractivity contribution in [2.45, 2.75) is 153 Å². The molecule has 3 aliphatic rings. The summed E-state index contributed by atoms with van der Waals surface area (Å²) in [6.45, 7) is 2.28. The van der Waals surface area contributed by atoms with E-state index in [9.17, 15) is 43.2 Å². The molecule has 0 bridgehead atoms. The topological polar surface area (TPSA) is 261 Å². The van der Waals surface area contributed by atoms with E-state index in [0.717, 1.165) is 108 Å². The van der Waals surface area contributed by atoms with E-state index >= 15 is 0 Å². The van der Waals surface area contributed by atoms with Crippen molar-refractivity contribution in [2.75, 3.05) is 43.4 Å². The molecule has 1 atom stereocenters. The molecule has 2 fully saturated rings. The second-order valence-electron chi connectivity index (χ2n) is 19.2. The number of likely N-dealkylation sites (tertiary alicyclic amines) is 1. The Balaban J connectivity index is 0.681. The number of imide groups is 2. The summed E-state index contributed by atoms with van der Waals surface area (Å²) >= 11 is 12.3. The molecular formula is C53H70Cl2N10O9. The second-order valence-corrected chi connectivity index (χ2v) is 20.0. The number of unbranched alkanes of at least 4 members (excludes halogenated alkanes) is 14. The van der Waals surface area contributed by atoms with Crippen molar-refractivity contribution in [1.29, 1.82) is 0 Å². The molecule has 400 valence electrons. The second kappa shape index (κ2) is 29.5. The molecule has 0 saturated carbocycles. The van der Waals surface area contributed by atoms with E-state index in [2.05, 4.69) is 42.1 Å². The molecule has 1 aromatic heterocycles. The van der Waals surface area contributed by atoms with Gasteiger partial charge in [0.05, 0.1) is 45.2 Å². The molecule has 0 aliphatic carbocycles. The number of nitrogens with one attached hydrogen (secondary N) is 7. The number of halogens is 2. The standard InChI is InChI=1S/C53H70Cl2N10O9/c54-37-20-18-21-38(55)47(37)50(71)61-40-33-59-63-48(40)51(72)60-35-27-31-64(32-28-35)45(69)24-14-10-6-2-4-7-11-15-29-56-42(66)23-13-9-5-1-3-8-12-16-30-57-44(68)34-58-39-22-17-19-36-46(39)53(74)65(52(36)73)41-25-26-43(67)62-49(41)70/h17-22,33,35,41,58H,1-16,23-32,34H2,(H,56,66)(H,57,68)(H,59,63)(H,60,72)(H,61,71)(H,62,67,70). The smallest absolute Gasteiger partial charge is 0.271 e. The molecule has 21 heteroatoms. The van der Waals surface area contributed by atoms with Gasteiger partial charge in [-0.25, -0.2) is 0 Å². The van der Waals surface area contributed by atoms with Gasteiger partial charge >= 0.3 is 0 Å². The number of fused-ring (bicyclic) bond motifs is 1. The molecule has 74 heavy (non-hydrogen) atoms. The minimum absolute atomic E-state index is 0.0345. The van der Waals surface area contributed by atoms with E-state index in [1.54, 1.807) is 30.3 Å². The van der Waals surface area contributed by atoms with Gasteiger partial charge in [-0.05, 0) is 69.2 Å². The van der Waals surface area contributed by atoms with E-state index in [1.807, 2.05) is 4.90 Å². The lowest BCUT2D eigenvalue weighted by Crippen LogP contribution is -2.54. The summed E-state index contributed by atoms with van der Waals surface area (Å²) in [5, 5.41) is 23.7. The van der Waals surface area contributed by atoms with Gasteiger partial charge in [-0.2, -0.15) is 5.10 Å². The Morgan fingerprint density at radius 2 is 1.23 bits per heavy atom. The van der Waals surface area contributed by atoms with Crippen LogP contribution in [0.15, 0.2) is 42.6 Å². The highest BCUT2D eigenvalue weighted by molar-refractivity contribution is 6.40. The largest absolute Gasteiger partial charge is 0.375 e. The first kappa shape index (κ1) is 56.9. The number of benzene rings is 2. The summed E-state index contributed by atoms with van der Waals surface area (Å²) in [7, 11) is 0. The number of amides is 9. The zero-order chi connectivity index (χ0) is 52.8. The Morgan fingerprint density at radius 3 is 1.86 bits per heavy atom. The van der Waals surface area contributed by atoms with Crippen LogP contribution >= 0.6 is 23.2 Å². The zero-order valence-electron chi connectivity index (χ0n) is 42.1. The molecular weight excluding hydrogens is 992 g/mol. The van der Waals surface area contributed by atoms with Crippen LogP contribution in [0.1, 0.15) is 183 Å². The normalized spacial score (nSPS) is 15.7. The van der Waals surface area contributed by atoms with Gasteiger partial charge in [0, 0.05) is 57.2 Å². The number of anilines is 2. The highest BCUT2D eigenvalue weighted by Crippen LogP contribution is 2.32. The lowest BCUT2D eigenvalue weighted by atomic mass is 10.0. The Hall–Kier alpha value is -6.34. The van der Waals surface area contributed by atoms with Crippen LogP contribution < -0.4 is 31.9 Å². The van der Waals surface area contributed by atoms with E-state index in [4.69, 9.17) is 23.2 Å². The van der Waals surface area contributed by atoms with Gasteiger partial charge in [0.1, 0.15) is 11.7 Å². The Morgan fingerprint density at radius 1 is 0.649 bits per heavy atom. The number of hydrogen-bond donors (Lipinski definition) is 7. The molecule has 0 spiro atoms. The third-order valence-corrected chi connectivity index (χ3v) is 14.3. The molecule has 1 unspecified atom stereocenters. The van der Waals surface area contributed by atoms with Crippen LogP contribution in [-0.4, -0.2) is 118 Å². The number of piperidine rings is 2. The van der Waals surface area contributed by atoms with Gasteiger partial charge in [-0.15, -0.1) is 0 Å². The van der Waals surface area contributed by atoms with Gasteiger partial charge in [0.25, 0.3) is 23.6 Å². The summed E-state index contributed by atoms with van der Waals surface area (Å²) in [4.78, 5) is 117. The predicted octanol–water partition coefficient (Wildman–Crippen LogP) is 7.46. The van der Waals surface area contributed by atoms with E-state index in [-0.39, 0.29) is 81.3 Å². The summed E-state index contributed by atoms with van der Waals surface area (Å²) in [5.74, 6) is -3.29. The van der Waals surface area contributed by atoms with E-state index < -0.39 is 41.5 Å². The zero-order valence-corrected chi connectivity index (χ0v) is 43.6. The number of hydrogen-bond acceptors (Lipinski definition) is 11. The lowest BCUT2D eigenvalue weighted by molar-refractivity contribution is -0.136. The third kappa shape index (κ3) is 16.8. The molecule has 6 rings (SSSR count). The van der Waals surface area contributed by atoms with Crippen LogP contribution in [0.2, 0.25) is 10.0 Å². The number of aromatic nitrogens is 2. The molecule has 2 aromatic carbocycles. The average Bonchev–Trinajstić information content (AvgIpc) is 3.95. The third-order valence-electron chi connectivity index (χ3n) is 13.7. The number of rotatable bonds is 30. The van der Waals surface area contributed by atoms with Crippen molar-refractivity contribution in [2.24, 2.45) is 0 Å². The number of aromatic amines is 1. The Kier molecular flexibility index (Phi) is 22.7. The van der Waals surface area contributed by atoms with Crippen molar-refractivity contribution in [3.8, 4) is 0 Å². The lowest BCUT2D eigenvalue weighted by Gasteiger charge is -2.32.